The van der Waals surface area contributed by atoms with Gasteiger partial charge in [0.15, 0.2) is 0 Å². The first-order valence-corrected chi connectivity index (χ1v) is 7.78. The Labute approximate surface area is 149 Å². The number of allylic oxidation sites excluding steroid dienone is 2. The number of amides is 4. The van der Waals surface area contributed by atoms with Crippen molar-refractivity contribution in [2.45, 2.75) is 0 Å². The summed E-state index contributed by atoms with van der Waals surface area (Å²) >= 11 is 5.85. The van der Waals surface area contributed by atoms with Crippen LogP contribution in [0.3, 0.4) is 0 Å². The number of barbiturate groups is 1. The smallest absolute Gasteiger partial charge is 0.273 e. The average molecular weight is 353 g/mol. The highest BCUT2D eigenvalue weighted by atomic mass is 35.5. The predicted octanol–water partition coefficient (Wildman–Crippen LogP) is 3.56. The van der Waals surface area contributed by atoms with Crippen LogP contribution in [0.15, 0.2) is 72.8 Å². The van der Waals surface area contributed by atoms with Gasteiger partial charge < -0.3 is 0 Å². The number of anilines is 1. The SMILES string of the molecule is C=C/C(=C1/C(=O)NC(=O)N(c2ccc(Cl)cc2)C1=O)c1ccccc1. The molecule has 5 nitrogen and oxygen atoms in total. The van der Waals surface area contributed by atoms with Crippen LogP contribution >= 0.6 is 11.6 Å². The zero-order chi connectivity index (χ0) is 18.0. The molecule has 0 radical (unpaired) electrons. The first kappa shape index (κ1) is 16.7. The third-order valence-corrected chi connectivity index (χ3v) is 3.96. The van der Waals surface area contributed by atoms with Gasteiger partial charge in [-0.1, -0.05) is 54.6 Å². The van der Waals surface area contributed by atoms with Crippen LogP contribution in [0.4, 0.5) is 10.5 Å². The normalized spacial score (nSPS) is 16.5. The van der Waals surface area contributed by atoms with E-state index in [1.54, 1.807) is 36.4 Å². The van der Waals surface area contributed by atoms with E-state index in [9.17, 15) is 14.4 Å². The number of hydrogen-bond acceptors (Lipinski definition) is 3. The minimum absolute atomic E-state index is 0.143. The van der Waals surface area contributed by atoms with Crippen molar-refractivity contribution in [3.63, 3.8) is 0 Å². The molecule has 25 heavy (non-hydrogen) atoms. The Morgan fingerprint density at radius 1 is 1.00 bits per heavy atom. The summed E-state index contributed by atoms with van der Waals surface area (Å²) in [5, 5.41) is 2.67. The quantitative estimate of drug-likeness (QED) is 0.678. The number of carbonyl (C=O) groups is 3. The fourth-order valence-corrected chi connectivity index (χ4v) is 2.69. The standard InChI is InChI=1S/C19H13ClN2O3/c1-2-15(12-6-4-3-5-7-12)16-17(23)21-19(25)22(18(16)24)14-10-8-13(20)9-11-14/h2-11H,1H2,(H,21,23,25)/b16-15+. The van der Waals surface area contributed by atoms with Gasteiger partial charge in [0.2, 0.25) is 0 Å². The molecule has 0 aromatic heterocycles. The largest absolute Gasteiger partial charge is 0.335 e. The molecule has 1 heterocycles. The Bertz CT molecular complexity index is 902. The lowest BCUT2D eigenvalue weighted by Gasteiger charge is -2.27. The molecule has 0 atom stereocenters. The molecule has 1 fully saturated rings. The molecule has 2 aromatic carbocycles. The van der Waals surface area contributed by atoms with Crippen molar-refractivity contribution in [1.82, 2.24) is 5.32 Å². The fourth-order valence-electron chi connectivity index (χ4n) is 2.56. The van der Waals surface area contributed by atoms with Crippen molar-refractivity contribution < 1.29 is 14.4 Å². The van der Waals surface area contributed by atoms with Gasteiger partial charge in [-0.3, -0.25) is 14.9 Å². The number of benzene rings is 2. The number of halogens is 1. The lowest BCUT2D eigenvalue weighted by molar-refractivity contribution is -0.122. The molecule has 0 unspecified atom stereocenters. The second-order valence-corrected chi connectivity index (χ2v) is 5.67. The summed E-state index contributed by atoms with van der Waals surface area (Å²) in [4.78, 5) is 38.3. The molecule has 2 aromatic rings. The predicted molar refractivity (Wildman–Crippen MR) is 96.0 cm³/mol. The van der Waals surface area contributed by atoms with Crippen LogP contribution in [0, 0.1) is 0 Å². The highest BCUT2D eigenvalue weighted by Gasteiger charge is 2.38. The molecule has 3 rings (SSSR count). The summed E-state index contributed by atoms with van der Waals surface area (Å²) in [5.41, 5.74) is 1.18. The van der Waals surface area contributed by atoms with Crippen molar-refractivity contribution in [3.8, 4) is 0 Å². The molecule has 1 saturated heterocycles. The molecular formula is C19H13ClN2O3. The Morgan fingerprint density at radius 2 is 1.64 bits per heavy atom. The highest BCUT2D eigenvalue weighted by molar-refractivity contribution is 6.40. The van der Waals surface area contributed by atoms with Gasteiger partial charge in [-0.15, -0.1) is 0 Å². The molecule has 1 aliphatic heterocycles. The van der Waals surface area contributed by atoms with Crippen LogP contribution in [0.1, 0.15) is 5.56 Å². The van der Waals surface area contributed by atoms with Crippen LogP contribution < -0.4 is 10.2 Å². The maximum atomic E-state index is 12.9. The van der Waals surface area contributed by atoms with Gasteiger partial charge >= 0.3 is 6.03 Å². The first-order chi connectivity index (χ1) is 12.0. The summed E-state index contributed by atoms with van der Waals surface area (Å²) < 4.78 is 0. The Balaban J connectivity index is 2.13. The fraction of sp³-hybridized carbons (Fsp3) is 0. The van der Waals surface area contributed by atoms with Crippen molar-refractivity contribution in [1.29, 1.82) is 0 Å². The maximum Gasteiger partial charge on any atom is 0.335 e. The summed E-state index contributed by atoms with van der Waals surface area (Å²) in [6.45, 7) is 3.70. The molecular weight excluding hydrogens is 340 g/mol. The Morgan fingerprint density at radius 3 is 2.24 bits per heavy atom. The van der Waals surface area contributed by atoms with Crippen molar-refractivity contribution in [3.05, 3.63) is 83.4 Å². The zero-order valence-electron chi connectivity index (χ0n) is 13.0. The van der Waals surface area contributed by atoms with Crippen molar-refractivity contribution in [2.75, 3.05) is 4.90 Å². The van der Waals surface area contributed by atoms with E-state index in [0.717, 1.165) is 4.90 Å². The number of hydrogen-bond donors (Lipinski definition) is 1. The van der Waals surface area contributed by atoms with Gasteiger partial charge in [0.25, 0.3) is 11.8 Å². The number of urea groups is 1. The molecule has 0 spiro atoms. The number of imide groups is 2. The second-order valence-electron chi connectivity index (χ2n) is 5.24. The molecule has 6 heteroatoms. The third-order valence-electron chi connectivity index (χ3n) is 3.71. The van der Waals surface area contributed by atoms with Gasteiger partial charge in [0.1, 0.15) is 5.57 Å². The lowest BCUT2D eigenvalue weighted by atomic mass is 9.97. The number of carbonyl (C=O) groups excluding carboxylic acids is 3. The van der Waals surface area contributed by atoms with E-state index < -0.39 is 17.8 Å². The average Bonchev–Trinajstić information content (AvgIpc) is 2.60. The van der Waals surface area contributed by atoms with E-state index in [1.807, 2.05) is 6.07 Å². The van der Waals surface area contributed by atoms with Crippen LogP contribution in [0.25, 0.3) is 5.57 Å². The summed E-state index contributed by atoms with van der Waals surface area (Å²) in [6, 6.07) is 14.3. The minimum Gasteiger partial charge on any atom is -0.273 e. The molecule has 124 valence electrons. The van der Waals surface area contributed by atoms with Gasteiger partial charge in [-0.25, -0.2) is 9.69 Å². The maximum absolute atomic E-state index is 12.9. The van der Waals surface area contributed by atoms with Gasteiger partial charge in [0.05, 0.1) is 5.69 Å². The monoisotopic (exact) mass is 352 g/mol. The van der Waals surface area contributed by atoms with E-state index in [2.05, 4.69) is 11.9 Å². The van der Waals surface area contributed by atoms with Crippen molar-refractivity contribution >= 4 is 40.7 Å². The molecule has 0 saturated carbocycles. The Hall–Kier alpha value is -3.18. The minimum atomic E-state index is -0.808. The summed E-state index contributed by atoms with van der Waals surface area (Å²) in [6.07, 6.45) is 1.43. The van der Waals surface area contributed by atoms with E-state index in [1.165, 1.54) is 18.2 Å². The highest BCUT2D eigenvalue weighted by Crippen LogP contribution is 2.27. The topological polar surface area (TPSA) is 66.5 Å². The Kier molecular flexibility index (Phi) is 4.50. The summed E-state index contributed by atoms with van der Waals surface area (Å²) in [7, 11) is 0. The van der Waals surface area contributed by atoms with Gasteiger partial charge in [-0.05, 0) is 35.4 Å². The lowest BCUT2D eigenvalue weighted by Crippen LogP contribution is -2.54. The number of rotatable bonds is 3. The molecule has 0 bridgehead atoms. The third kappa shape index (κ3) is 3.09. The van der Waals surface area contributed by atoms with E-state index in [4.69, 9.17) is 11.6 Å². The molecule has 1 N–H and O–H groups in total. The first-order valence-electron chi connectivity index (χ1n) is 7.40. The molecule has 1 aliphatic rings. The molecule has 4 amide bonds. The van der Waals surface area contributed by atoms with Crippen LogP contribution in [0.2, 0.25) is 5.02 Å². The number of nitrogens with zero attached hydrogens (tertiary/aromatic N) is 1. The second kappa shape index (κ2) is 6.75. The van der Waals surface area contributed by atoms with Crippen LogP contribution in [-0.2, 0) is 9.59 Å². The van der Waals surface area contributed by atoms with Crippen molar-refractivity contribution in [2.24, 2.45) is 0 Å². The van der Waals surface area contributed by atoms with E-state index in [-0.39, 0.29) is 5.57 Å². The van der Waals surface area contributed by atoms with Crippen LogP contribution in [0.5, 0.6) is 0 Å². The number of nitrogens with one attached hydrogen (secondary N) is 1. The van der Waals surface area contributed by atoms with Gasteiger partial charge in [0, 0.05) is 5.02 Å². The molecule has 0 aliphatic carbocycles. The zero-order valence-corrected chi connectivity index (χ0v) is 13.8. The summed E-state index contributed by atoms with van der Waals surface area (Å²) in [5.74, 6) is -1.46. The van der Waals surface area contributed by atoms with E-state index >= 15 is 0 Å². The van der Waals surface area contributed by atoms with Gasteiger partial charge in [-0.2, -0.15) is 0 Å². The van der Waals surface area contributed by atoms with Crippen LogP contribution in [-0.4, -0.2) is 17.8 Å². The van der Waals surface area contributed by atoms with E-state index in [0.29, 0.717) is 21.8 Å².